The number of nitrogens with one attached hydrogen (secondary N) is 2. The van der Waals surface area contributed by atoms with Crippen LogP contribution in [0.25, 0.3) is 0 Å². The number of ether oxygens (including phenoxy) is 2. The molecule has 0 aliphatic carbocycles. The molecule has 0 radical (unpaired) electrons. The molecule has 0 saturated carbocycles. The summed E-state index contributed by atoms with van der Waals surface area (Å²) in [5, 5.41) is 20.9. The zero-order valence-electron chi connectivity index (χ0n) is 20.4. The second-order valence-corrected chi connectivity index (χ2v) is 11.0. The fraction of sp³-hybridized carbons (Fsp3) is 0.308. The molecule has 4 N–H and O–H groups in total. The van der Waals surface area contributed by atoms with Crippen molar-refractivity contribution in [1.29, 1.82) is 5.41 Å². The van der Waals surface area contributed by atoms with Gasteiger partial charge in [-0.2, -0.15) is 4.99 Å². The van der Waals surface area contributed by atoms with Gasteiger partial charge in [0.2, 0.25) is 11.0 Å². The van der Waals surface area contributed by atoms with Gasteiger partial charge in [0, 0.05) is 17.5 Å². The van der Waals surface area contributed by atoms with E-state index >= 15 is 0 Å². The number of para-hydroxylation sites is 2. The minimum absolute atomic E-state index is 0.0594. The predicted molar refractivity (Wildman–Crippen MR) is 147 cm³/mol. The molecular weight excluding hydrogens is 524 g/mol. The van der Waals surface area contributed by atoms with Gasteiger partial charge in [0.15, 0.2) is 5.17 Å². The smallest absolute Gasteiger partial charge is 0.259 e. The number of unbranched alkanes of at least 4 members (excludes halogenated alkanes) is 1. The summed E-state index contributed by atoms with van der Waals surface area (Å²) in [6.45, 7) is 0.560. The molecule has 2 amide bonds. The summed E-state index contributed by atoms with van der Waals surface area (Å²) >= 11 is 2.34. The van der Waals surface area contributed by atoms with E-state index in [0.29, 0.717) is 35.4 Å². The fourth-order valence-electron chi connectivity index (χ4n) is 4.29. The quantitative estimate of drug-likeness (QED) is 0.215. The maximum absolute atomic E-state index is 12.7. The average Bonchev–Trinajstić information content (AvgIpc) is 3.64. The largest absolute Gasteiger partial charge is 0.492 e. The normalized spacial score (nSPS) is 17.7. The maximum Gasteiger partial charge on any atom is 0.259 e. The molecular formula is C26H26N6O4S2. The highest BCUT2D eigenvalue weighted by molar-refractivity contribution is 8.26. The van der Waals surface area contributed by atoms with Crippen LogP contribution in [0.1, 0.15) is 47.2 Å². The minimum Gasteiger partial charge on any atom is -0.492 e. The number of thioether (sulfide) groups is 1. The van der Waals surface area contributed by atoms with Crippen LogP contribution in [-0.2, 0) is 16.0 Å². The summed E-state index contributed by atoms with van der Waals surface area (Å²) in [5.41, 5.74) is 7.61. The number of fused-ring (bicyclic) bond motifs is 2. The first kappa shape index (κ1) is 25.9. The number of amides is 2. The van der Waals surface area contributed by atoms with E-state index in [1.165, 1.54) is 11.3 Å². The number of aliphatic imine (C=N–C) groups is 1. The molecule has 3 heterocycles. The van der Waals surface area contributed by atoms with Crippen LogP contribution in [0, 0.1) is 5.41 Å². The number of aromatic nitrogens is 2. The third-order valence-corrected chi connectivity index (χ3v) is 7.85. The van der Waals surface area contributed by atoms with E-state index in [4.69, 9.17) is 20.6 Å². The van der Waals surface area contributed by atoms with Gasteiger partial charge in [0.05, 0.1) is 5.04 Å². The number of anilines is 1. The fourth-order valence-corrected chi connectivity index (χ4v) is 5.71. The molecule has 2 unspecified atom stereocenters. The summed E-state index contributed by atoms with van der Waals surface area (Å²) in [7, 11) is 0. The molecule has 1 aromatic heterocycles. The van der Waals surface area contributed by atoms with E-state index < -0.39 is 5.92 Å². The van der Waals surface area contributed by atoms with Gasteiger partial charge in [-0.3, -0.25) is 20.3 Å². The lowest BCUT2D eigenvalue weighted by Crippen LogP contribution is -2.22. The van der Waals surface area contributed by atoms with Crippen LogP contribution >= 0.6 is 23.1 Å². The third-order valence-electron chi connectivity index (χ3n) is 6.20. The van der Waals surface area contributed by atoms with E-state index in [0.717, 1.165) is 46.5 Å². The van der Waals surface area contributed by atoms with Crippen molar-refractivity contribution in [1.82, 2.24) is 10.2 Å². The van der Waals surface area contributed by atoms with Gasteiger partial charge in [-0.1, -0.05) is 47.7 Å². The highest BCUT2D eigenvalue weighted by Gasteiger charge is 2.31. The molecule has 2 aliphatic heterocycles. The molecule has 3 aromatic rings. The number of aryl methyl sites for hydroxylation is 1. The molecule has 196 valence electrons. The van der Waals surface area contributed by atoms with Crippen LogP contribution in [0.15, 0.2) is 53.5 Å². The molecule has 38 heavy (non-hydrogen) atoms. The van der Waals surface area contributed by atoms with Gasteiger partial charge in [-0.15, -0.1) is 10.2 Å². The van der Waals surface area contributed by atoms with Crippen LogP contribution in [0.4, 0.5) is 5.13 Å². The second kappa shape index (κ2) is 11.7. The maximum atomic E-state index is 12.7. The van der Waals surface area contributed by atoms with Crippen LogP contribution in [0.5, 0.6) is 11.5 Å². The zero-order valence-corrected chi connectivity index (χ0v) is 22.0. The first-order valence-electron chi connectivity index (χ1n) is 12.2. The predicted octanol–water partition coefficient (Wildman–Crippen LogP) is 4.09. The second-order valence-electron chi connectivity index (χ2n) is 8.81. The Hall–Kier alpha value is -3.77. The first-order chi connectivity index (χ1) is 18.5. The highest BCUT2D eigenvalue weighted by atomic mass is 32.2. The molecule has 0 spiro atoms. The zero-order chi connectivity index (χ0) is 26.5. The summed E-state index contributed by atoms with van der Waals surface area (Å²) in [6, 6.07) is 14.9. The van der Waals surface area contributed by atoms with Crippen molar-refractivity contribution in [2.75, 3.05) is 18.5 Å². The molecule has 2 aromatic carbocycles. The van der Waals surface area contributed by atoms with Gasteiger partial charge < -0.3 is 15.2 Å². The monoisotopic (exact) mass is 550 g/mol. The van der Waals surface area contributed by atoms with Crippen LogP contribution in [0.2, 0.25) is 0 Å². The number of rotatable bonds is 8. The van der Waals surface area contributed by atoms with Crippen molar-refractivity contribution in [3.05, 3.63) is 64.7 Å². The number of carbonyl (C=O) groups is 2. The molecule has 10 nitrogen and oxygen atoms in total. The van der Waals surface area contributed by atoms with Gasteiger partial charge in [-0.05, 0) is 43.2 Å². The Kier molecular flexibility index (Phi) is 7.99. The summed E-state index contributed by atoms with van der Waals surface area (Å²) in [4.78, 5) is 29.2. The number of carbonyl (C=O) groups excluding carboxylic acids is 2. The summed E-state index contributed by atoms with van der Waals surface area (Å²) in [6.07, 6.45) is 2.73. The Balaban J connectivity index is 1.02. The van der Waals surface area contributed by atoms with Gasteiger partial charge in [-0.25, -0.2) is 0 Å². The number of hydrogen-bond donors (Lipinski definition) is 3. The third kappa shape index (κ3) is 6.03. The SMILES string of the molecule is N=C(CCCCc1nnc(NC(=O)C2COc3ccccc32)s1)SC(N)=NC(=O)C1COc2ccccc21. The van der Waals surface area contributed by atoms with Gasteiger partial charge >= 0.3 is 0 Å². The molecule has 5 rings (SSSR count). The van der Waals surface area contributed by atoms with E-state index in [9.17, 15) is 9.59 Å². The van der Waals surface area contributed by atoms with Crippen molar-refractivity contribution < 1.29 is 19.1 Å². The molecule has 12 heteroatoms. The highest BCUT2D eigenvalue weighted by Crippen LogP contribution is 2.35. The Morgan fingerprint density at radius 3 is 2.42 bits per heavy atom. The lowest BCUT2D eigenvalue weighted by Gasteiger charge is -2.07. The average molecular weight is 551 g/mol. The van der Waals surface area contributed by atoms with Crippen molar-refractivity contribution in [2.45, 2.75) is 37.5 Å². The lowest BCUT2D eigenvalue weighted by atomic mass is 10.0. The standard InChI is InChI=1S/C26H26N6O4S2/c27-21(37-25(28)29-23(33)17-13-35-19-9-3-1-7-15(17)19)11-5-6-12-22-31-32-26(38-22)30-24(34)18-14-36-20-10-4-2-8-16(18)20/h1-4,7-10,17-18,27H,5-6,11-14H2,(H2,28,29,33)(H,30,32,34). The van der Waals surface area contributed by atoms with Crippen molar-refractivity contribution in [3.63, 3.8) is 0 Å². The van der Waals surface area contributed by atoms with Crippen molar-refractivity contribution >= 4 is 50.3 Å². The molecule has 0 bridgehead atoms. The minimum atomic E-state index is -0.469. The van der Waals surface area contributed by atoms with Gasteiger partial charge in [0.25, 0.3) is 5.91 Å². The number of hydrogen-bond acceptors (Lipinski definition) is 9. The van der Waals surface area contributed by atoms with E-state index in [-0.39, 0.29) is 29.5 Å². The lowest BCUT2D eigenvalue weighted by molar-refractivity contribution is -0.119. The number of nitrogens with zero attached hydrogens (tertiary/aromatic N) is 3. The number of nitrogens with two attached hydrogens (primary N) is 1. The van der Waals surface area contributed by atoms with Crippen LogP contribution in [0.3, 0.4) is 0 Å². The summed E-state index contributed by atoms with van der Waals surface area (Å²) < 4.78 is 11.1. The van der Waals surface area contributed by atoms with Crippen LogP contribution in [-0.4, -0.2) is 45.4 Å². The number of amidine groups is 1. The molecule has 2 atom stereocenters. The molecule has 2 aliphatic rings. The summed E-state index contributed by atoms with van der Waals surface area (Å²) in [5.74, 6) is 0.0726. The number of benzene rings is 2. The Morgan fingerprint density at radius 1 is 1.03 bits per heavy atom. The Morgan fingerprint density at radius 2 is 1.68 bits per heavy atom. The van der Waals surface area contributed by atoms with Gasteiger partial charge in [0.1, 0.15) is 41.6 Å². The Bertz CT molecular complexity index is 1390. The van der Waals surface area contributed by atoms with Crippen LogP contribution < -0.4 is 20.5 Å². The van der Waals surface area contributed by atoms with E-state index in [1.54, 1.807) is 0 Å². The van der Waals surface area contributed by atoms with Crippen molar-refractivity contribution in [3.8, 4) is 11.5 Å². The van der Waals surface area contributed by atoms with E-state index in [1.807, 2.05) is 48.5 Å². The topological polar surface area (TPSA) is 153 Å². The molecule has 0 fully saturated rings. The van der Waals surface area contributed by atoms with E-state index in [2.05, 4.69) is 20.5 Å². The Labute approximate surface area is 227 Å². The molecule has 0 saturated heterocycles. The van der Waals surface area contributed by atoms with Crippen molar-refractivity contribution in [2.24, 2.45) is 10.7 Å². The first-order valence-corrected chi connectivity index (χ1v) is 13.8.